The van der Waals surface area contributed by atoms with Gasteiger partial charge in [-0.1, -0.05) is 30.3 Å². The Morgan fingerprint density at radius 2 is 2.08 bits per heavy atom. The van der Waals surface area contributed by atoms with Crippen LogP contribution in [0, 0.1) is 11.8 Å². The number of alkyl halides is 2. The molecule has 1 saturated carbocycles. The maximum absolute atomic E-state index is 13.7. The number of benzene rings is 1. The molecule has 3 atom stereocenters. The number of hydrogen-bond acceptors (Lipinski definition) is 4. The summed E-state index contributed by atoms with van der Waals surface area (Å²) in [7, 11) is 0. The van der Waals surface area contributed by atoms with Gasteiger partial charge in [-0.2, -0.15) is 0 Å². The summed E-state index contributed by atoms with van der Waals surface area (Å²) in [5.74, 6) is -4.31. The lowest BCUT2D eigenvalue weighted by Gasteiger charge is -2.33. The number of nitrogens with one attached hydrogen (secondary N) is 1. The van der Waals surface area contributed by atoms with Crippen LogP contribution in [0.3, 0.4) is 0 Å². The molecule has 138 valence electrons. The summed E-state index contributed by atoms with van der Waals surface area (Å²) >= 11 is 0. The van der Waals surface area contributed by atoms with Gasteiger partial charge in [-0.05, 0) is 31.4 Å². The Hall–Kier alpha value is -1.53. The predicted octanol–water partition coefficient (Wildman–Crippen LogP) is 2.85. The maximum Gasteiger partial charge on any atom is 0.343 e. The Labute approximate surface area is 146 Å². The summed E-state index contributed by atoms with van der Waals surface area (Å²) in [6, 6.07) is 8.32. The Morgan fingerprint density at radius 3 is 2.68 bits per heavy atom. The number of hydrogen-bond donors (Lipinski definition) is 2. The molecular weight excluding hydrogens is 328 g/mol. The van der Waals surface area contributed by atoms with Gasteiger partial charge < -0.3 is 15.2 Å². The molecule has 6 heteroatoms. The largest absolute Gasteiger partial charge is 0.463 e. The van der Waals surface area contributed by atoms with Crippen LogP contribution in [-0.2, 0) is 15.1 Å². The van der Waals surface area contributed by atoms with Crippen molar-refractivity contribution >= 4 is 5.97 Å². The quantitative estimate of drug-likeness (QED) is 0.799. The Balaban J connectivity index is 1.77. The first-order valence-corrected chi connectivity index (χ1v) is 8.95. The molecule has 1 unspecified atom stereocenters. The molecule has 2 aliphatic rings. The number of halogens is 2. The molecule has 0 spiro atoms. The molecule has 0 aromatic heterocycles. The van der Waals surface area contributed by atoms with Crippen molar-refractivity contribution < 1.29 is 23.4 Å². The molecule has 1 aromatic rings. The first-order valence-electron chi connectivity index (χ1n) is 8.95. The minimum Gasteiger partial charge on any atom is -0.463 e. The van der Waals surface area contributed by atoms with Gasteiger partial charge in [0.15, 0.2) is 5.60 Å². The number of rotatable bonds is 5. The van der Waals surface area contributed by atoms with E-state index in [0.29, 0.717) is 5.56 Å². The smallest absolute Gasteiger partial charge is 0.343 e. The molecule has 1 saturated heterocycles. The van der Waals surface area contributed by atoms with E-state index in [1.807, 2.05) is 0 Å². The number of aliphatic hydroxyl groups is 1. The summed E-state index contributed by atoms with van der Waals surface area (Å²) in [5, 5.41) is 14.4. The summed E-state index contributed by atoms with van der Waals surface area (Å²) in [5.41, 5.74) is -1.70. The summed E-state index contributed by atoms with van der Waals surface area (Å²) in [4.78, 5) is 12.8. The monoisotopic (exact) mass is 353 g/mol. The highest BCUT2D eigenvalue weighted by molar-refractivity contribution is 5.81. The van der Waals surface area contributed by atoms with Gasteiger partial charge in [-0.3, -0.25) is 0 Å². The summed E-state index contributed by atoms with van der Waals surface area (Å²) in [6.07, 6.45) is 1.25. The van der Waals surface area contributed by atoms with E-state index in [9.17, 15) is 18.7 Å². The van der Waals surface area contributed by atoms with Gasteiger partial charge in [-0.25, -0.2) is 13.6 Å². The molecule has 25 heavy (non-hydrogen) atoms. The molecule has 0 bridgehead atoms. The van der Waals surface area contributed by atoms with Crippen LogP contribution in [0.15, 0.2) is 30.3 Å². The number of piperidine rings is 1. The van der Waals surface area contributed by atoms with Gasteiger partial charge in [0, 0.05) is 31.2 Å². The normalized spacial score (nSPS) is 28.3. The van der Waals surface area contributed by atoms with Gasteiger partial charge in [0.1, 0.15) is 0 Å². The fraction of sp³-hybridized carbons (Fsp3) is 0.632. The number of carbonyl (C=O) groups is 1. The first-order chi connectivity index (χ1) is 11.9. The van der Waals surface area contributed by atoms with Crippen LogP contribution in [0.5, 0.6) is 0 Å². The van der Waals surface area contributed by atoms with E-state index in [2.05, 4.69) is 5.32 Å². The predicted molar refractivity (Wildman–Crippen MR) is 89.2 cm³/mol. The van der Waals surface area contributed by atoms with Crippen molar-refractivity contribution in [3.8, 4) is 0 Å². The third-order valence-electron chi connectivity index (χ3n) is 5.37. The van der Waals surface area contributed by atoms with E-state index in [4.69, 9.17) is 4.74 Å². The van der Waals surface area contributed by atoms with Crippen LogP contribution in [0.25, 0.3) is 0 Å². The van der Waals surface area contributed by atoms with Crippen LogP contribution in [-0.4, -0.2) is 36.7 Å². The highest BCUT2D eigenvalue weighted by atomic mass is 19.3. The molecule has 1 aliphatic heterocycles. The number of esters is 1. The molecule has 1 aliphatic carbocycles. The fourth-order valence-corrected chi connectivity index (χ4v) is 3.89. The maximum atomic E-state index is 13.7. The molecule has 0 amide bonds. The van der Waals surface area contributed by atoms with Crippen molar-refractivity contribution in [1.82, 2.24) is 5.32 Å². The third kappa shape index (κ3) is 4.01. The Bertz CT molecular complexity index is 590. The van der Waals surface area contributed by atoms with Crippen LogP contribution >= 0.6 is 0 Å². The molecule has 1 heterocycles. The Kier molecular flexibility index (Phi) is 5.39. The lowest BCUT2D eigenvalue weighted by atomic mass is 9.80. The summed E-state index contributed by atoms with van der Waals surface area (Å²) in [6.45, 7) is 1.91. The van der Waals surface area contributed by atoms with Crippen molar-refractivity contribution in [2.75, 3.05) is 19.7 Å². The summed E-state index contributed by atoms with van der Waals surface area (Å²) < 4.78 is 32.8. The lowest BCUT2D eigenvalue weighted by molar-refractivity contribution is -0.176. The van der Waals surface area contributed by atoms with Crippen LogP contribution in [0.4, 0.5) is 8.78 Å². The standard InChI is InChI=1S/C19H25F2NO3/c20-18(21)9-8-16(11-18)19(24,15-6-2-1-3-7-15)17(23)25-13-14-5-4-10-22-12-14/h1-3,6-7,14,16,22,24H,4-5,8-13H2/t14?,16-,19+/m1/s1. The van der Waals surface area contributed by atoms with E-state index in [1.165, 1.54) is 0 Å². The van der Waals surface area contributed by atoms with Gasteiger partial charge in [0.25, 0.3) is 0 Å². The van der Waals surface area contributed by atoms with Gasteiger partial charge in [0.2, 0.25) is 5.92 Å². The van der Waals surface area contributed by atoms with Crippen LogP contribution in [0.2, 0.25) is 0 Å². The fourth-order valence-electron chi connectivity index (χ4n) is 3.89. The van der Waals surface area contributed by atoms with Gasteiger partial charge >= 0.3 is 5.97 Å². The van der Waals surface area contributed by atoms with E-state index < -0.39 is 29.8 Å². The second-order valence-electron chi connectivity index (χ2n) is 7.24. The zero-order valence-corrected chi connectivity index (χ0v) is 14.2. The molecule has 0 radical (unpaired) electrons. The number of carbonyl (C=O) groups excluding carboxylic acids is 1. The molecule has 1 aromatic carbocycles. The van der Waals surface area contributed by atoms with E-state index in [0.717, 1.165) is 25.9 Å². The van der Waals surface area contributed by atoms with Crippen molar-refractivity contribution in [2.45, 2.75) is 43.6 Å². The highest BCUT2D eigenvalue weighted by Gasteiger charge is 2.54. The molecule has 4 nitrogen and oxygen atoms in total. The van der Waals surface area contributed by atoms with Gasteiger partial charge in [0.05, 0.1) is 6.61 Å². The lowest BCUT2D eigenvalue weighted by Crippen LogP contribution is -2.45. The SMILES string of the molecule is O=C(OCC1CCCNC1)[C@](O)(c1ccccc1)[C@@H]1CCC(F)(F)C1. The van der Waals surface area contributed by atoms with Crippen molar-refractivity contribution in [2.24, 2.45) is 11.8 Å². The van der Waals surface area contributed by atoms with Crippen LogP contribution in [0.1, 0.15) is 37.7 Å². The van der Waals surface area contributed by atoms with E-state index in [1.54, 1.807) is 30.3 Å². The second-order valence-corrected chi connectivity index (χ2v) is 7.24. The van der Waals surface area contributed by atoms with Crippen molar-refractivity contribution in [3.05, 3.63) is 35.9 Å². The Morgan fingerprint density at radius 1 is 1.32 bits per heavy atom. The van der Waals surface area contributed by atoms with E-state index >= 15 is 0 Å². The van der Waals surface area contributed by atoms with Crippen molar-refractivity contribution in [3.63, 3.8) is 0 Å². The molecule has 2 fully saturated rings. The number of ether oxygens (including phenoxy) is 1. The molecule has 2 N–H and O–H groups in total. The minimum absolute atomic E-state index is 0.0957. The van der Waals surface area contributed by atoms with E-state index in [-0.39, 0.29) is 25.4 Å². The zero-order valence-electron chi connectivity index (χ0n) is 14.2. The highest BCUT2D eigenvalue weighted by Crippen LogP contribution is 2.47. The second kappa shape index (κ2) is 7.38. The molecular formula is C19H25F2NO3. The minimum atomic E-state index is -2.85. The van der Waals surface area contributed by atoms with Gasteiger partial charge in [-0.15, -0.1) is 0 Å². The van der Waals surface area contributed by atoms with Crippen LogP contribution < -0.4 is 5.32 Å². The third-order valence-corrected chi connectivity index (χ3v) is 5.37. The average Bonchev–Trinajstić information content (AvgIpc) is 3.01. The first kappa shape index (κ1) is 18.3. The van der Waals surface area contributed by atoms with Crippen molar-refractivity contribution in [1.29, 1.82) is 0 Å². The average molecular weight is 353 g/mol. The topological polar surface area (TPSA) is 58.6 Å². The zero-order chi connectivity index (χ0) is 17.9. The molecule has 3 rings (SSSR count).